The van der Waals surface area contributed by atoms with E-state index in [1.807, 2.05) is 0 Å². The molecule has 0 bridgehead atoms. The Bertz CT molecular complexity index is 976. The quantitative estimate of drug-likeness (QED) is 0.729. The molecule has 26 heavy (non-hydrogen) atoms. The van der Waals surface area contributed by atoms with E-state index in [0.29, 0.717) is 23.3 Å². The second kappa shape index (κ2) is 6.92. The van der Waals surface area contributed by atoms with Crippen LogP contribution in [0.3, 0.4) is 0 Å². The molecule has 1 N–H and O–H groups in total. The molecule has 0 spiro atoms. The molecule has 1 fully saturated rings. The highest BCUT2D eigenvalue weighted by Gasteiger charge is 2.23. The van der Waals surface area contributed by atoms with Crippen molar-refractivity contribution in [2.45, 2.75) is 36.5 Å². The highest BCUT2D eigenvalue weighted by Crippen LogP contribution is 2.34. The number of anilines is 1. The van der Waals surface area contributed by atoms with E-state index >= 15 is 0 Å². The summed E-state index contributed by atoms with van der Waals surface area (Å²) in [5.74, 6) is 1.60. The lowest BCUT2D eigenvalue weighted by atomic mass is 10.1. The Morgan fingerprint density at radius 1 is 0.962 bits per heavy atom. The Balaban J connectivity index is 1.50. The van der Waals surface area contributed by atoms with Crippen molar-refractivity contribution >= 4 is 15.7 Å². The number of benzene rings is 2. The van der Waals surface area contributed by atoms with E-state index in [2.05, 4.69) is 14.9 Å². The predicted molar refractivity (Wildman–Crippen MR) is 98.2 cm³/mol. The van der Waals surface area contributed by atoms with Crippen molar-refractivity contribution in [2.75, 3.05) is 4.72 Å². The normalized spacial score (nSPS) is 15.2. The monoisotopic (exact) mass is 369 g/mol. The van der Waals surface area contributed by atoms with Gasteiger partial charge in [0.15, 0.2) is 0 Å². The van der Waals surface area contributed by atoms with E-state index in [9.17, 15) is 8.42 Å². The Morgan fingerprint density at radius 2 is 1.65 bits per heavy atom. The molecule has 0 unspecified atom stereocenters. The number of hydrogen-bond acceptors (Lipinski definition) is 5. The number of nitrogens with one attached hydrogen (secondary N) is 1. The van der Waals surface area contributed by atoms with Crippen LogP contribution in [0.5, 0.6) is 0 Å². The van der Waals surface area contributed by atoms with Crippen LogP contribution in [0.25, 0.3) is 11.4 Å². The molecule has 3 aromatic rings. The van der Waals surface area contributed by atoms with Crippen LogP contribution in [0.15, 0.2) is 64.0 Å². The predicted octanol–water partition coefficient (Wildman–Crippen LogP) is 4.20. The summed E-state index contributed by atoms with van der Waals surface area (Å²) in [7, 11) is -3.60. The molecule has 2 aromatic carbocycles. The molecular formula is C19H19N3O3S. The molecule has 7 heteroatoms. The first-order chi connectivity index (χ1) is 12.6. The van der Waals surface area contributed by atoms with Crippen molar-refractivity contribution in [3.8, 4) is 11.4 Å². The van der Waals surface area contributed by atoms with E-state index in [4.69, 9.17) is 4.52 Å². The SMILES string of the molecule is O=S(=O)(Nc1ccc(-c2noc(C3CCCC3)n2)cc1)c1ccccc1. The smallest absolute Gasteiger partial charge is 0.261 e. The molecule has 1 aliphatic carbocycles. The molecule has 1 aliphatic rings. The van der Waals surface area contributed by atoms with Crippen molar-refractivity contribution in [3.63, 3.8) is 0 Å². The van der Waals surface area contributed by atoms with Gasteiger partial charge in [-0.1, -0.05) is 36.2 Å². The Kier molecular flexibility index (Phi) is 4.46. The standard InChI is InChI=1S/C19H19N3O3S/c23-26(24,17-8-2-1-3-9-17)22-16-12-10-14(11-13-16)18-20-19(25-21-18)15-6-4-5-7-15/h1-3,8-13,15,22H,4-7H2. The lowest BCUT2D eigenvalue weighted by molar-refractivity contribution is 0.354. The van der Waals surface area contributed by atoms with Crippen LogP contribution in [0.4, 0.5) is 5.69 Å². The molecule has 134 valence electrons. The van der Waals surface area contributed by atoms with Gasteiger partial charge in [-0.05, 0) is 49.2 Å². The minimum atomic E-state index is -3.60. The van der Waals surface area contributed by atoms with Gasteiger partial charge in [-0.3, -0.25) is 4.72 Å². The maximum atomic E-state index is 12.4. The molecule has 0 atom stereocenters. The second-order valence-electron chi connectivity index (χ2n) is 6.43. The Labute approximate surface area is 152 Å². The maximum Gasteiger partial charge on any atom is 0.261 e. The minimum absolute atomic E-state index is 0.225. The largest absolute Gasteiger partial charge is 0.339 e. The number of nitrogens with zero attached hydrogens (tertiary/aromatic N) is 2. The third-order valence-corrected chi connectivity index (χ3v) is 5.99. The summed E-state index contributed by atoms with van der Waals surface area (Å²) < 4.78 is 32.7. The molecular weight excluding hydrogens is 350 g/mol. The fourth-order valence-corrected chi connectivity index (χ4v) is 4.27. The van der Waals surface area contributed by atoms with Gasteiger partial charge in [-0.2, -0.15) is 4.98 Å². The molecule has 0 radical (unpaired) electrons. The summed E-state index contributed by atoms with van der Waals surface area (Å²) in [6.07, 6.45) is 4.61. The van der Waals surface area contributed by atoms with Crippen LogP contribution in [0, 0.1) is 0 Å². The average molecular weight is 369 g/mol. The van der Waals surface area contributed by atoms with Crippen LogP contribution in [-0.2, 0) is 10.0 Å². The summed E-state index contributed by atoms with van der Waals surface area (Å²) in [6, 6.07) is 15.2. The van der Waals surface area contributed by atoms with Gasteiger partial charge in [0.2, 0.25) is 11.7 Å². The van der Waals surface area contributed by atoms with Gasteiger partial charge in [-0.25, -0.2) is 8.42 Å². The van der Waals surface area contributed by atoms with Gasteiger partial charge in [0.1, 0.15) is 0 Å². The zero-order valence-corrected chi connectivity index (χ0v) is 14.9. The van der Waals surface area contributed by atoms with E-state index < -0.39 is 10.0 Å². The number of sulfonamides is 1. The van der Waals surface area contributed by atoms with Crippen LogP contribution < -0.4 is 4.72 Å². The summed E-state index contributed by atoms with van der Waals surface area (Å²) in [5, 5.41) is 4.06. The van der Waals surface area contributed by atoms with E-state index in [0.717, 1.165) is 18.4 Å². The fourth-order valence-electron chi connectivity index (χ4n) is 3.19. The Morgan fingerprint density at radius 3 is 2.35 bits per heavy atom. The summed E-state index contributed by atoms with van der Waals surface area (Å²) in [6.45, 7) is 0. The third-order valence-electron chi connectivity index (χ3n) is 4.59. The first-order valence-electron chi connectivity index (χ1n) is 8.64. The van der Waals surface area contributed by atoms with Crippen molar-refractivity contribution in [1.82, 2.24) is 10.1 Å². The Hall–Kier alpha value is -2.67. The number of hydrogen-bond donors (Lipinski definition) is 1. The third kappa shape index (κ3) is 3.48. The second-order valence-corrected chi connectivity index (χ2v) is 8.12. The highest BCUT2D eigenvalue weighted by molar-refractivity contribution is 7.92. The zero-order chi connectivity index (χ0) is 18.0. The molecule has 1 saturated carbocycles. The summed E-state index contributed by atoms with van der Waals surface area (Å²) >= 11 is 0. The highest BCUT2D eigenvalue weighted by atomic mass is 32.2. The first kappa shape index (κ1) is 16.8. The molecule has 1 heterocycles. The lowest BCUT2D eigenvalue weighted by Crippen LogP contribution is -2.12. The molecule has 0 amide bonds. The number of aromatic nitrogens is 2. The van der Waals surface area contributed by atoms with Gasteiger partial charge in [0, 0.05) is 17.2 Å². The molecule has 4 rings (SSSR count). The zero-order valence-electron chi connectivity index (χ0n) is 14.1. The van der Waals surface area contributed by atoms with Crippen LogP contribution in [0.2, 0.25) is 0 Å². The minimum Gasteiger partial charge on any atom is -0.339 e. The van der Waals surface area contributed by atoms with Gasteiger partial charge < -0.3 is 4.52 Å². The van der Waals surface area contributed by atoms with E-state index in [-0.39, 0.29) is 4.90 Å². The van der Waals surface area contributed by atoms with Crippen molar-refractivity contribution in [2.24, 2.45) is 0 Å². The van der Waals surface area contributed by atoms with Gasteiger partial charge in [-0.15, -0.1) is 0 Å². The van der Waals surface area contributed by atoms with Crippen LogP contribution in [0.1, 0.15) is 37.5 Å². The first-order valence-corrected chi connectivity index (χ1v) is 10.1. The van der Waals surface area contributed by atoms with Crippen molar-refractivity contribution < 1.29 is 12.9 Å². The van der Waals surface area contributed by atoms with Crippen LogP contribution >= 0.6 is 0 Å². The van der Waals surface area contributed by atoms with Gasteiger partial charge in [0.05, 0.1) is 4.90 Å². The van der Waals surface area contributed by atoms with Gasteiger partial charge >= 0.3 is 0 Å². The summed E-state index contributed by atoms with van der Waals surface area (Å²) in [5.41, 5.74) is 1.28. The molecule has 1 aromatic heterocycles. The van der Waals surface area contributed by atoms with Gasteiger partial charge in [0.25, 0.3) is 10.0 Å². The lowest BCUT2D eigenvalue weighted by Gasteiger charge is -2.08. The number of rotatable bonds is 5. The fraction of sp³-hybridized carbons (Fsp3) is 0.263. The van der Waals surface area contributed by atoms with Crippen molar-refractivity contribution in [3.05, 3.63) is 60.5 Å². The molecule has 0 saturated heterocycles. The van der Waals surface area contributed by atoms with E-state index in [1.165, 1.54) is 12.8 Å². The van der Waals surface area contributed by atoms with Crippen molar-refractivity contribution in [1.29, 1.82) is 0 Å². The average Bonchev–Trinajstić information content (AvgIpc) is 3.34. The summed E-state index contributed by atoms with van der Waals surface area (Å²) in [4.78, 5) is 4.72. The molecule has 6 nitrogen and oxygen atoms in total. The molecule has 0 aliphatic heterocycles. The topological polar surface area (TPSA) is 85.1 Å². The maximum absolute atomic E-state index is 12.4. The van der Waals surface area contributed by atoms with Crippen LogP contribution in [-0.4, -0.2) is 18.6 Å². The van der Waals surface area contributed by atoms with E-state index in [1.54, 1.807) is 54.6 Å².